The van der Waals surface area contributed by atoms with Crippen LogP contribution in [0.25, 0.3) is 0 Å². The van der Waals surface area contributed by atoms with Crippen molar-refractivity contribution < 1.29 is 0 Å². The lowest BCUT2D eigenvalue weighted by molar-refractivity contribution is 0.322. The van der Waals surface area contributed by atoms with Crippen molar-refractivity contribution in [3.63, 3.8) is 0 Å². The predicted octanol–water partition coefficient (Wildman–Crippen LogP) is 3.31. The zero-order chi connectivity index (χ0) is 14.3. The molecule has 1 atom stereocenters. The normalized spacial score (nSPS) is 23.8. The molecule has 108 valence electrons. The minimum atomic E-state index is 0.0987. The zero-order valence-corrected chi connectivity index (χ0v) is 12.6. The second-order valence-corrected chi connectivity index (χ2v) is 6.18. The minimum Gasteiger partial charge on any atom is -0.359 e. The molecule has 0 amide bonds. The summed E-state index contributed by atoms with van der Waals surface area (Å²) in [7, 11) is 0. The van der Waals surface area contributed by atoms with E-state index in [-0.39, 0.29) is 5.54 Å². The van der Waals surface area contributed by atoms with Crippen molar-refractivity contribution in [2.45, 2.75) is 25.3 Å². The Morgan fingerprint density at radius 1 is 1.05 bits per heavy atom. The minimum absolute atomic E-state index is 0.0987. The second-order valence-electron chi connectivity index (χ2n) is 6.18. The first kappa shape index (κ1) is 12.9. The molecule has 0 saturated carbocycles. The van der Waals surface area contributed by atoms with Crippen LogP contribution in [0.5, 0.6) is 0 Å². The van der Waals surface area contributed by atoms with Crippen LogP contribution in [0.2, 0.25) is 0 Å². The van der Waals surface area contributed by atoms with E-state index < -0.39 is 0 Å². The SMILES string of the molecule is CCC12CNCCN1c1ccccc1Cc1ccccc12. The van der Waals surface area contributed by atoms with Gasteiger partial charge in [-0.3, -0.25) is 0 Å². The van der Waals surface area contributed by atoms with Gasteiger partial charge in [-0.05, 0) is 35.6 Å². The van der Waals surface area contributed by atoms with Crippen LogP contribution in [-0.4, -0.2) is 19.6 Å². The first-order valence-electron chi connectivity index (χ1n) is 8.00. The molecule has 0 aromatic heterocycles. The van der Waals surface area contributed by atoms with Gasteiger partial charge in [0.25, 0.3) is 0 Å². The summed E-state index contributed by atoms with van der Waals surface area (Å²) >= 11 is 0. The molecule has 2 heterocycles. The predicted molar refractivity (Wildman–Crippen MR) is 87.9 cm³/mol. The Hall–Kier alpha value is -1.80. The second kappa shape index (κ2) is 4.88. The van der Waals surface area contributed by atoms with E-state index in [1.807, 2.05) is 0 Å². The number of nitrogens with one attached hydrogen (secondary N) is 1. The van der Waals surface area contributed by atoms with Gasteiger partial charge in [-0.1, -0.05) is 49.4 Å². The number of piperazine rings is 1. The summed E-state index contributed by atoms with van der Waals surface area (Å²) in [5, 5.41) is 3.63. The molecule has 21 heavy (non-hydrogen) atoms. The topological polar surface area (TPSA) is 15.3 Å². The number of nitrogens with zero attached hydrogens (tertiary/aromatic N) is 1. The zero-order valence-electron chi connectivity index (χ0n) is 12.6. The smallest absolute Gasteiger partial charge is 0.0778 e. The van der Waals surface area contributed by atoms with Crippen molar-refractivity contribution in [1.29, 1.82) is 0 Å². The molecule has 2 aliphatic rings. The van der Waals surface area contributed by atoms with Crippen LogP contribution in [0.3, 0.4) is 0 Å². The Bertz CT molecular complexity index is 664. The number of para-hydroxylation sites is 1. The quantitative estimate of drug-likeness (QED) is 0.861. The number of anilines is 1. The summed E-state index contributed by atoms with van der Waals surface area (Å²) in [6.45, 7) is 5.51. The maximum absolute atomic E-state index is 3.63. The maximum atomic E-state index is 3.63. The highest BCUT2D eigenvalue weighted by Gasteiger charge is 2.42. The molecule has 2 aromatic rings. The van der Waals surface area contributed by atoms with Gasteiger partial charge in [0, 0.05) is 25.3 Å². The van der Waals surface area contributed by atoms with Crippen molar-refractivity contribution in [1.82, 2.24) is 5.32 Å². The highest BCUT2D eigenvalue weighted by Crippen LogP contribution is 2.43. The summed E-state index contributed by atoms with van der Waals surface area (Å²) in [4.78, 5) is 2.66. The van der Waals surface area contributed by atoms with Crippen LogP contribution in [0.15, 0.2) is 48.5 Å². The van der Waals surface area contributed by atoms with Gasteiger partial charge in [-0.25, -0.2) is 0 Å². The standard InChI is InChI=1S/C19H22N2/c1-2-19-14-20-11-12-21(19)18-10-6-4-8-16(18)13-15-7-3-5-9-17(15)19/h3-10,20H,2,11-14H2,1H3. The van der Waals surface area contributed by atoms with Gasteiger partial charge in [0.2, 0.25) is 0 Å². The number of fused-ring (bicyclic) bond motifs is 5. The van der Waals surface area contributed by atoms with Crippen molar-refractivity contribution >= 4 is 5.69 Å². The van der Waals surface area contributed by atoms with E-state index in [9.17, 15) is 0 Å². The van der Waals surface area contributed by atoms with E-state index in [2.05, 4.69) is 65.7 Å². The lowest BCUT2D eigenvalue weighted by atomic mass is 9.81. The van der Waals surface area contributed by atoms with Gasteiger partial charge in [-0.2, -0.15) is 0 Å². The summed E-state index contributed by atoms with van der Waals surface area (Å²) in [5.74, 6) is 0. The van der Waals surface area contributed by atoms with Gasteiger partial charge < -0.3 is 10.2 Å². The van der Waals surface area contributed by atoms with Gasteiger partial charge in [-0.15, -0.1) is 0 Å². The van der Waals surface area contributed by atoms with Crippen LogP contribution < -0.4 is 10.2 Å². The average Bonchev–Trinajstić information content (AvgIpc) is 2.68. The third-order valence-electron chi connectivity index (χ3n) is 5.21. The lowest BCUT2D eigenvalue weighted by Crippen LogP contribution is -2.59. The molecule has 1 saturated heterocycles. The number of benzene rings is 2. The van der Waals surface area contributed by atoms with E-state index in [1.54, 1.807) is 0 Å². The first-order valence-corrected chi connectivity index (χ1v) is 8.00. The van der Waals surface area contributed by atoms with Crippen LogP contribution in [0, 0.1) is 0 Å². The summed E-state index contributed by atoms with van der Waals surface area (Å²) in [6, 6.07) is 18.0. The maximum Gasteiger partial charge on any atom is 0.0778 e. The average molecular weight is 278 g/mol. The van der Waals surface area contributed by atoms with Crippen LogP contribution in [0.1, 0.15) is 30.0 Å². The van der Waals surface area contributed by atoms with E-state index in [4.69, 9.17) is 0 Å². The van der Waals surface area contributed by atoms with E-state index in [0.29, 0.717) is 0 Å². The fraction of sp³-hybridized carbons (Fsp3) is 0.368. The van der Waals surface area contributed by atoms with Gasteiger partial charge in [0.15, 0.2) is 0 Å². The van der Waals surface area contributed by atoms with E-state index in [0.717, 1.165) is 32.5 Å². The Labute approximate surface area is 126 Å². The molecule has 2 heteroatoms. The van der Waals surface area contributed by atoms with E-state index in [1.165, 1.54) is 22.4 Å². The summed E-state index contributed by atoms with van der Waals surface area (Å²) in [6.07, 6.45) is 2.18. The Morgan fingerprint density at radius 2 is 1.81 bits per heavy atom. The molecule has 0 radical (unpaired) electrons. The molecule has 2 aromatic carbocycles. The number of hydrogen-bond donors (Lipinski definition) is 1. The van der Waals surface area contributed by atoms with Gasteiger partial charge >= 0.3 is 0 Å². The number of hydrogen-bond acceptors (Lipinski definition) is 2. The van der Waals surface area contributed by atoms with Gasteiger partial charge in [0.05, 0.1) is 5.54 Å². The molecular weight excluding hydrogens is 256 g/mol. The number of rotatable bonds is 1. The van der Waals surface area contributed by atoms with Gasteiger partial charge in [0.1, 0.15) is 0 Å². The Kier molecular flexibility index (Phi) is 3.00. The molecule has 1 N–H and O–H groups in total. The molecule has 1 unspecified atom stereocenters. The Balaban J connectivity index is 2.00. The van der Waals surface area contributed by atoms with Crippen molar-refractivity contribution in [2.75, 3.05) is 24.5 Å². The van der Waals surface area contributed by atoms with E-state index >= 15 is 0 Å². The largest absolute Gasteiger partial charge is 0.359 e. The molecule has 2 nitrogen and oxygen atoms in total. The fourth-order valence-corrected chi connectivity index (χ4v) is 4.15. The lowest BCUT2D eigenvalue weighted by Gasteiger charge is -2.49. The summed E-state index contributed by atoms with van der Waals surface area (Å²) in [5.41, 5.74) is 5.98. The highest BCUT2D eigenvalue weighted by atomic mass is 15.3. The summed E-state index contributed by atoms with van der Waals surface area (Å²) < 4.78 is 0. The monoisotopic (exact) mass is 278 g/mol. The van der Waals surface area contributed by atoms with Crippen LogP contribution in [0.4, 0.5) is 5.69 Å². The molecule has 1 fully saturated rings. The van der Waals surface area contributed by atoms with Crippen molar-refractivity contribution in [3.8, 4) is 0 Å². The molecule has 0 spiro atoms. The Morgan fingerprint density at radius 3 is 2.67 bits per heavy atom. The molecule has 0 aliphatic carbocycles. The first-order chi connectivity index (χ1) is 10.3. The highest BCUT2D eigenvalue weighted by molar-refractivity contribution is 5.63. The van der Waals surface area contributed by atoms with Crippen LogP contribution in [-0.2, 0) is 12.0 Å². The molecule has 2 aliphatic heterocycles. The van der Waals surface area contributed by atoms with Crippen molar-refractivity contribution in [2.24, 2.45) is 0 Å². The van der Waals surface area contributed by atoms with Crippen molar-refractivity contribution in [3.05, 3.63) is 65.2 Å². The van der Waals surface area contributed by atoms with Crippen LogP contribution >= 0.6 is 0 Å². The fourth-order valence-electron chi connectivity index (χ4n) is 4.15. The molecule has 4 rings (SSSR count). The molecule has 0 bridgehead atoms. The third-order valence-corrected chi connectivity index (χ3v) is 5.21. The third kappa shape index (κ3) is 1.82. The molecular formula is C19H22N2.